The number of aliphatic hydroxyl groups is 1. The van der Waals surface area contributed by atoms with Gasteiger partial charge in [-0.15, -0.1) is 0 Å². The van der Waals surface area contributed by atoms with Gasteiger partial charge < -0.3 is 9.84 Å². The lowest BCUT2D eigenvalue weighted by Gasteiger charge is -2.30. The molecule has 0 radical (unpaired) electrons. The Morgan fingerprint density at radius 3 is 2.32 bits per heavy atom. The second-order valence-electron chi connectivity index (χ2n) is 9.27. The number of ether oxygens (including phenoxy) is 1. The molecule has 0 unspecified atom stereocenters. The number of rotatable bonds is 4. The highest BCUT2D eigenvalue weighted by Crippen LogP contribution is 2.40. The van der Waals surface area contributed by atoms with Crippen LogP contribution < -0.4 is 0 Å². The molecule has 0 aliphatic rings. The minimum atomic E-state index is -0.479. The number of halogens is 1. The van der Waals surface area contributed by atoms with Gasteiger partial charge in [0.1, 0.15) is 11.8 Å². The van der Waals surface area contributed by atoms with E-state index in [4.69, 9.17) is 21.3 Å². The molecule has 3 nitrogen and oxygen atoms in total. The van der Waals surface area contributed by atoms with E-state index in [0.29, 0.717) is 10.7 Å². The second kappa shape index (κ2) is 9.99. The first-order valence-corrected chi connectivity index (χ1v) is 11.7. The van der Waals surface area contributed by atoms with Gasteiger partial charge in [-0.05, 0) is 98.3 Å². The zero-order valence-electron chi connectivity index (χ0n) is 19.9. The van der Waals surface area contributed by atoms with Crippen molar-refractivity contribution in [1.82, 2.24) is 4.98 Å². The Morgan fingerprint density at radius 2 is 1.68 bits per heavy atom. The molecular formula is C30H28ClNO2. The van der Waals surface area contributed by atoms with Crippen molar-refractivity contribution in [3.8, 4) is 23.0 Å². The van der Waals surface area contributed by atoms with Gasteiger partial charge in [0.25, 0.3) is 0 Å². The van der Waals surface area contributed by atoms with Crippen molar-refractivity contribution < 1.29 is 9.84 Å². The van der Waals surface area contributed by atoms with Gasteiger partial charge in [0.05, 0.1) is 17.7 Å². The molecule has 0 aliphatic heterocycles. The standard InChI is InChI=1S/C30H28ClNO2/c1-20-18-26-25(17-16-24(32-26)15-10-21-8-6-5-7-9-21)29(22-11-13-23(31)14-12-22)28(20)27(19-33)34-30(2,3)4/h5-9,11-14,16-18,27,33H,19H2,1-4H3/t27-/m1/s1. The van der Waals surface area contributed by atoms with E-state index in [1.54, 1.807) is 0 Å². The molecule has 3 aromatic carbocycles. The van der Waals surface area contributed by atoms with E-state index in [1.165, 1.54) is 0 Å². The summed E-state index contributed by atoms with van der Waals surface area (Å²) in [6, 6.07) is 23.7. The lowest BCUT2D eigenvalue weighted by Crippen LogP contribution is -2.25. The summed E-state index contributed by atoms with van der Waals surface area (Å²) < 4.78 is 6.28. The minimum Gasteiger partial charge on any atom is -0.393 e. The first kappa shape index (κ1) is 24.0. The van der Waals surface area contributed by atoms with Crippen molar-refractivity contribution in [3.63, 3.8) is 0 Å². The van der Waals surface area contributed by atoms with E-state index in [0.717, 1.165) is 38.7 Å². The Bertz CT molecular complexity index is 1360. The van der Waals surface area contributed by atoms with Gasteiger partial charge in [0.2, 0.25) is 0 Å². The normalized spacial score (nSPS) is 12.3. The van der Waals surface area contributed by atoms with Crippen molar-refractivity contribution >= 4 is 22.5 Å². The zero-order valence-corrected chi connectivity index (χ0v) is 20.6. The Kier molecular flexibility index (Phi) is 7.05. The minimum absolute atomic E-state index is 0.127. The molecule has 4 aromatic rings. The number of benzene rings is 3. The summed E-state index contributed by atoms with van der Waals surface area (Å²) in [5, 5.41) is 11.9. The molecule has 1 atom stereocenters. The number of aromatic nitrogens is 1. The zero-order chi connectivity index (χ0) is 24.3. The second-order valence-corrected chi connectivity index (χ2v) is 9.71. The van der Waals surface area contributed by atoms with E-state index >= 15 is 0 Å². The third-order valence-corrected chi connectivity index (χ3v) is 5.72. The maximum absolute atomic E-state index is 10.3. The molecule has 0 fully saturated rings. The molecule has 1 aromatic heterocycles. The summed E-state index contributed by atoms with van der Waals surface area (Å²) in [6.45, 7) is 7.89. The Hall–Kier alpha value is -3.16. The van der Waals surface area contributed by atoms with Gasteiger partial charge in [0.15, 0.2) is 0 Å². The fraction of sp³-hybridized carbons (Fsp3) is 0.233. The number of aryl methyl sites for hydroxylation is 1. The number of nitrogens with zero attached hydrogens (tertiary/aromatic N) is 1. The molecule has 0 spiro atoms. The number of hydrogen-bond acceptors (Lipinski definition) is 3. The van der Waals surface area contributed by atoms with Crippen LogP contribution in [-0.2, 0) is 4.74 Å². The van der Waals surface area contributed by atoms with E-state index in [2.05, 4.69) is 17.9 Å². The van der Waals surface area contributed by atoms with E-state index < -0.39 is 11.7 Å². The van der Waals surface area contributed by atoms with Crippen LogP contribution in [0.3, 0.4) is 0 Å². The molecule has 0 saturated carbocycles. The molecule has 0 aliphatic carbocycles. The van der Waals surface area contributed by atoms with Crippen molar-refractivity contribution in [2.24, 2.45) is 0 Å². The number of fused-ring (bicyclic) bond motifs is 1. The van der Waals surface area contributed by atoms with E-state index in [-0.39, 0.29) is 6.61 Å². The third kappa shape index (κ3) is 5.48. The lowest BCUT2D eigenvalue weighted by atomic mass is 9.88. The van der Waals surface area contributed by atoms with Gasteiger partial charge in [-0.1, -0.05) is 47.9 Å². The molecular weight excluding hydrogens is 442 g/mol. The van der Waals surface area contributed by atoms with E-state index in [9.17, 15) is 5.11 Å². The summed E-state index contributed by atoms with van der Waals surface area (Å²) in [5.74, 6) is 6.35. The predicted octanol–water partition coefficient (Wildman–Crippen LogP) is 7.11. The average molecular weight is 470 g/mol. The quantitative estimate of drug-likeness (QED) is 0.324. The summed E-state index contributed by atoms with van der Waals surface area (Å²) in [7, 11) is 0. The van der Waals surface area contributed by atoms with Gasteiger partial charge in [-0.3, -0.25) is 0 Å². The maximum Gasteiger partial charge on any atom is 0.114 e. The van der Waals surface area contributed by atoms with Crippen LogP contribution in [0.15, 0.2) is 72.8 Å². The SMILES string of the molecule is Cc1cc2nc(C#Cc3ccccc3)ccc2c(-c2ccc(Cl)cc2)c1[C@@H](CO)OC(C)(C)C. The van der Waals surface area contributed by atoms with Crippen LogP contribution in [0.4, 0.5) is 0 Å². The van der Waals surface area contributed by atoms with Gasteiger partial charge in [0, 0.05) is 16.0 Å². The summed E-state index contributed by atoms with van der Waals surface area (Å²) in [6.07, 6.45) is -0.479. The fourth-order valence-electron chi connectivity index (χ4n) is 4.11. The highest BCUT2D eigenvalue weighted by atomic mass is 35.5. The van der Waals surface area contributed by atoms with Gasteiger partial charge >= 0.3 is 0 Å². The highest BCUT2D eigenvalue weighted by molar-refractivity contribution is 6.30. The van der Waals surface area contributed by atoms with Crippen molar-refractivity contribution in [3.05, 3.63) is 100 Å². The summed E-state index contributed by atoms with van der Waals surface area (Å²) in [4.78, 5) is 4.85. The monoisotopic (exact) mass is 469 g/mol. The number of hydrogen-bond donors (Lipinski definition) is 1. The smallest absolute Gasteiger partial charge is 0.114 e. The number of pyridine rings is 1. The Balaban J connectivity index is 1.91. The van der Waals surface area contributed by atoms with Crippen LogP contribution in [-0.4, -0.2) is 22.3 Å². The fourth-order valence-corrected chi connectivity index (χ4v) is 4.23. The molecule has 1 heterocycles. The molecule has 34 heavy (non-hydrogen) atoms. The Labute approximate surface area is 206 Å². The van der Waals surface area contributed by atoms with Crippen molar-refractivity contribution in [2.45, 2.75) is 39.4 Å². The predicted molar refractivity (Wildman–Crippen MR) is 140 cm³/mol. The maximum atomic E-state index is 10.3. The van der Waals surface area contributed by atoms with Crippen molar-refractivity contribution in [2.75, 3.05) is 6.61 Å². The molecule has 4 rings (SSSR count). The van der Waals surface area contributed by atoms with Gasteiger partial charge in [-0.2, -0.15) is 0 Å². The summed E-state index contributed by atoms with van der Waals surface area (Å²) >= 11 is 6.18. The van der Waals surface area contributed by atoms with Crippen LogP contribution in [0.25, 0.3) is 22.0 Å². The Morgan fingerprint density at radius 1 is 0.971 bits per heavy atom. The molecule has 0 saturated heterocycles. The first-order chi connectivity index (χ1) is 16.2. The van der Waals surface area contributed by atoms with Gasteiger partial charge in [-0.25, -0.2) is 4.98 Å². The topological polar surface area (TPSA) is 42.4 Å². The molecule has 0 amide bonds. The molecule has 1 N–H and O–H groups in total. The van der Waals surface area contributed by atoms with Crippen molar-refractivity contribution in [1.29, 1.82) is 0 Å². The van der Waals surface area contributed by atoms with Crippen LogP contribution in [0.2, 0.25) is 5.02 Å². The van der Waals surface area contributed by atoms with Crippen LogP contribution >= 0.6 is 11.6 Å². The summed E-state index contributed by atoms with van der Waals surface area (Å²) in [5.41, 5.74) is 6.02. The molecule has 4 heteroatoms. The molecule has 172 valence electrons. The van der Waals surface area contributed by atoms with Crippen LogP contribution in [0.5, 0.6) is 0 Å². The first-order valence-electron chi connectivity index (χ1n) is 11.3. The van der Waals surface area contributed by atoms with Crippen LogP contribution in [0.1, 0.15) is 49.3 Å². The molecule has 0 bridgehead atoms. The third-order valence-electron chi connectivity index (χ3n) is 5.47. The average Bonchev–Trinajstić information content (AvgIpc) is 2.81. The highest BCUT2D eigenvalue weighted by Gasteiger charge is 2.26. The largest absolute Gasteiger partial charge is 0.393 e. The van der Waals surface area contributed by atoms with E-state index in [1.807, 2.05) is 94.4 Å². The lowest BCUT2D eigenvalue weighted by molar-refractivity contribution is -0.0821. The number of aliphatic hydroxyl groups excluding tert-OH is 1. The van der Waals surface area contributed by atoms with Crippen LogP contribution in [0, 0.1) is 18.8 Å².